The van der Waals surface area contributed by atoms with Crippen LogP contribution in [0.15, 0.2) is 77.7 Å². The van der Waals surface area contributed by atoms with Gasteiger partial charge in [-0.2, -0.15) is 0 Å². The van der Waals surface area contributed by atoms with Gasteiger partial charge in [0.25, 0.3) is 5.91 Å². The Morgan fingerprint density at radius 1 is 1.03 bits per heavy atom. The zero-order valence-corrected chi connectivity index (χ0v) is 19.9. The Bertz CT molecular complexity index is 1430. The highest BCUT2D eigenvalue weighted by molar-refractivity contribution is 7.89. The van der Waals surface area contributed by atoms with Gasteiger partial charge in [0.2, 0.25) is 10.0 Å². The molecule has 9 heteroatoms. The fourth-order valence-corrected chi connectivity index (χ4v) is 4.76. The summed E-state index contributed by atoms with van der Waals surface area (Å²) in [5.41, 5.74) is 2.64. The molecule has 33 heavy (non-hydrogen) atoms. The molecule has 1 amide bonds. The molecule has 0 saturated heterocycles. The van der Waals surface area contributed by atoms with Gasteiger partial charge in [0, 0.05) is 21.1 Å². The maximum Gasteiger partial charge on any atom is 0.253 e. The lowest BCUT2D eigenvalue weighted by molar-refractivity contribution is 0.0941. The second kappa shape index (κ2) is 8.97. The second-order valence-electron chi connectivity index (χ2n) is 7.76. The van der Waals surface area contributed by atoms with E-state index in [0.717, 1.165) is 20.9 Å². The standard InChI is InChI=1S/C24H23ClN4O3S/c1-28(2)33(31,32)17-13-14-19(25)18(15-17)24(30)27-22(16-9-5-4-6-10-16)23-26-20-11-7-8-12-21(20)29(23)3/h4-15,22H,1-3H3,(H,27,30). The maximum atomic E-state index is 13.4. The van der Waals surface area contributed by atoms with Crippen LogP contribution in [0.1, 0.15) is 27.8 Å². The lowest BCUT2D eigenvalue weighted by Crippen LogP contribution is -2.31. The average Bonchev–Trinajstić information content (AvgIpc) is 3.14. The number of sulfonamides is 1. The van der Waals surface area contributed by atoms with Crippen molar-refractivity contribution in [3.63, 3.8) is 0 Å². The molecule has 0 saturated carbocycles. The third kappa shape index (κ3) is 4.37. The first-order valence-corrected chi connectivity index (χ1v) is 12.0. The van der Waals surface area contributed by atoms with E-state index in [1.165, 1.54) is 32.3 Å². The van der Waals surface area contributed by atoms with Crippen molar-refractivity contribution in [3.8, 4) is 0 Å². The highest BCUT2D eigenvalue weighted by atomic mass is 35.5. The van der Waals surface area contributed by atoms with E-state index in [1.54, 1.807) is 0 Å². The summed E-state index contributed by atoms with van der Waals surface area (Å²) in [4.78, 5) is 18.1. The molecule has 0 aliphatic carbocycles. The molecular weight excluding hydrogens is 460 g/mol. The Balaban J connectivity index is 1.78. The van der Waals surface area contributed by atoms with E-state index in [2.05, 4.69) is 5.32 Å². The predicted molar refractivity (Wildman–Crippen MR) is 129 cm³/mol. The fourth-order valence-electron chi connectivity index (χ4n) is 3.62. The van der Waals surface area contributed by atoms with Crippen LogP contribution in [0.3, 0.4) is 0 Å². The number of aryl methyl sites for hydroxylation is 1. The second-order valence-corrected chi connectivity index (χ2v) is 10.3. The van der Waals surface area contributed by atoms with Crippen LogP contribution >= 0.6 is 11.6 Å². The van der Waals surface area contributed by atoms with Crippen LogP contribution in [-0.4, -0.2) is 42.3 Å². The monoisotopic (exact) mass is 482 g/mol. The van der Waals surface area contributed by atoms with Gasteiger partial charge >= 0.3 is 0 Å². The summed E-state index contributed by atoms with van der Waals surface area (Å²) in [6.07, 6.45) is 0. The van der Waals surface area contributed by atoms with E-state index in [1.807, 2.05) is 66.2 Å². The molecule has 7 nitrogen and oxygen atoms in total. The Morgan fingerprint density at radius 3 is 2.36 bits per heavy atom. The molecule has 1 heterocycles. The molecule has 1 unspecified atom stereocenters. The number of imidazole rings is 1. The van der Waals surface area contributed by atoms with Gasteiger partial charge in [-0.05, 0) is 35.9 Å². The largest absolute Gasteiger partial charge is 0.338 e. The van der Waals surface area contributed by atoms with Crippen LogP contribution in [0, 0.1) is 0 Å². The molecular formula is C24H23ClN4O3S. The zero-order valence-electron chi connectivity index (χ0n) is 18.4. The number of carbonyl (C=O) groups is 1. The number of para-hydroxylation sites is 2. The Morgan fingerprint density at radius 2 is 1.70 bits per heavy atom. The van der Waals surface area contributed by atoms with Crippen LogP contribution in [0.25, 0.3) is 11.0 Å². The number of fused-ring (bicyclic) bond motifs is 1. The lowest BCUT2D eigenvalue weighted by atomic mass is 10.1. The summed E-state index contributed by atoms with van der Waals surface area (Å²) in [7, 11) is 1.03. The predicted octanol–water partition coefficient (Wildman–Crippen LogP) is 4.00. The number of hydrogen-bond acceptors (Lipinski definition) is 4. The molecule has 1 atom stereocenters. The summed E-state index contributed by atoms with van der Waals surface area (Å²) in [5, 5.41) is 3.16. The molecule has 4 rings (SSSR count). The van der Waals surface area contributed by atoms with Gasteiger partial charge in [0.1, 0.15) is 11.9 Å². The molecule has 0 bridgehead atoms. The molecule has 0 spiro atoms. The minimum Gasteiger partial charge on any atom is -0.338 e. The zero-order chi connectivity index (χ0) is 23.8. The van der Waals surface area contributed by atoms with Crippen molar-refractivity contribution in [1.29, 1.82) is 0 Å². The molecule has 0 aliphatic rings. The van der Waals surface area contributed by atoms with Gasteiger partial charge in [-0.25, -0.2) is 17.7 Å². The van der Waals surface area contributed by atoms with E-state index in [0.29, 0.717) is 5.82 Å². The first-order valence-electron chi connectivity index (χ1n) is 10.2. The van der Waals surface area contributed by atoms with Gasteiger partial charge < -0.3 is 9.88 Å². The number of nitrogens with zero attached hydrogens (tertiary/aromatic N) is 3. The van der Waals surface area contributed by atoms with Crippen molar-refractivity contribution in [2.45, 2.75) is 10.9 Å². The van der Waals surface area contributed by atoms with Gasteiger partial charge in [0.05, 0.1) is 26.5 Å². The summed E-state index contributed by atoms with van der Waals surface area (Å²) in [5.74, 6) is 0.139. The minimum absolute atomic E-state index is 0.0129. The number of nitrogens with one attached hydrogen (secondary N) is 1. The molecule has 1 aromatic heterocycles. The van der Waals surface area contributed by atoms with Crippen LogP contribution in [-0.2, 0) is 17.1 Å². The highest BCUT2D eigenvalue weighted by Crippen LogP contribution is 2.27. The lowest BCUT2D eigenvalue weighted by Gasteiger charge is -2.20. The summed E-state index contributed by atoms with van der Waals surface area (Å²) in [6.45, 7) is 0. The van der Waals surface area contributed by atoms with Crippen LogP contribution in [0.5, 0.6) is 0 Å². The molecule has 0 radical (unpaired) electrons. The van der Waals surface area contributed by atoms with Gasteiger partial charge in [-0.15, -0.1) is 0 Å². The number of benzene rings is 3. The molecule has 170 valence electrons. The smallest absolute Gasteiger partial charge is 0.253 e. The summed E-state index contributed by atoms with van der Waals surface area (Å²) in [6, 6.07) is 20.7. The molecule has 0 fully saturated rings. The van der Waals surface area contributed by atoms with Crippen LogP contribution in [0.2, 0.25) is 5.02 Å². The van der Waals surface area contributed by atoms with E-state index >= 15 is 0 Å². The van der Waals surface area contributed by atoms with Crippen molar-refractivity contribution in [2.75, 3.05) is 14.1 Å². The molecule has 3 aromatic carbocycles. The van der Waals surface area contributed by atoms with Crippen molar-refractivity contribution < 1.29 is 13.2 Å². The third-order valence-electron chi connectivity index (χ3n) is 5.45. The summed E-state index contributed by atoms with van der Waals surface area (Å²) < 4.78 is 28.1. The minimum atomic E-state index is -3.73. The molecule has 1 N–H and O–H groups in total. The topological polar surface area (TPSA) is 84.3 Å². The molecule has 4 aromatic rings. The van der Waals surface area contributed by atoms with E-state index in [4.69, 9.17) is 16.6 Å². The number of rotatable bonds is 6. The number of carbonyl (C=O) groups excluding carboxylic acids is 1. The first-order chi connectivity index (χ1) is 15.7. The normalized spacial score (nSPS) is 12.8. The quantitative estimate of drug-likeness (QED) is 0.450. The van der Waals surface area contributed by atoms with E-state index in [-0.39, 0.29) is 15.5 Å². The molecule has 0 aliphatic heterocycles. The Labute approximate surface area is 197 Å². The summed E-state index contributed by atoms with van der Waals surface area (Å²) >= 11 is 6.30. The number of hydrogen-bond donors (Lipinski definition) is 1. The first kappa shape index (κ1) is 23.0. The van der Waals surface area contributed by atoms with Crippen LogP contribution in [0.4, 0.5) is 0 Å². The number of halogens is 1. The number of aromatic nitrogens is 2. The number of amides is 1. The Kier molecular flexibility index (Phi) is 6.25. The Hall–Kier alpha value is -3.20. The van der Waals surface area contributed by atoms with E-state index in [9.17, 15) is 13.2 Å². The van der Waals surface area contributed by atoms with Gasteiger partial charge in [0.15, 0.2) is 0 Å². The SMILES string of the molecule is CN(C)S(=O)(=O)c1ccc(Cl)c(C(=O)NC(c2ccccc2)c2nc3ccccc3n2C)c1. The fraction of sp³-hybridized carbons (Fsp3) is 0.167. The van der Waals surface area contributed by atoms with E-state index < -0.39 is 22.0 Å². The van der Waals surface area contributed by atoms with Crippen molar-refractivity contribution >= 4 is 38.6 Å². The third-order valence-corrected chi connectivity index (χ3v) is 7.59. The van der Waals surface area contributed by atoms with Crippen molar-refractivity contribution in [1.82, 2.24) is 19.2 Å². The van der Waals surface area contributed by atoms with Crippen molar-refractivity contribution in [2.24, 2.45) is 7.05 Å². The maximum absolute atomic E-state index is 13.4. The highest BCUT2D eigenvalue weighted by Gasteiger charge is 2.26. The van der Waals surface area contributed by atoms with Crippen LogP contribution < -0.4 is 5.32 Å². The van der Waals surface area contributed by atoms with Crippen molar-refractivity contribution in [3.05, 3.63) is 94.8 Å². The van der Waals surface area contributed by atoms with Gasteiger partial charge in [-0.3, -0.25) is 4.79 Å². The average molecular weight is 483 g/mol. The van der Waals surface area contributed by atoms with Gasteiger partial charge in [-0.1, -0.05) is 54.1 Å².